The van der Waals surface area contributed by atoms with Crippen LogP contribution in [-0.4, -0.2) is 80.2 Å². The molecule has 2 saturated heterocycles. The maximum absolute atomic E-state index is 14.3. The fraction of sp³-hybridized carbons (Fsp3) is 0.405. The number of nitrogens with zero attached hydrogens (tertiary/aromatic N) is 8. The number of aromatic nitrogens is 6. The highest BCUT2D eigenvalue weighted by Gasteiger charge is 2.38. The molecule has 4 heterocycles. The van der Waals surface area contributed by atoms with Gasteiger partial charge in [-0.15, -0.1) is 0 Å². The molecule has 2 fully saturated rings. The van der Waals surface area contributed by atoms with Gasteiger partial charge in [0.25, 0.3) is 0 Å². The highest BCUT2D eigenvalue weighted by atomic mass is 19.1. The average molecular weight is 703 g/mol. The second kappa shape index (κ2) is 15.9. The number of anilines is 2. The van der Waals surface area contributed by atoms with Crippen molar-refractivity contribution in [2.24, 2.45) is 12.5 Å². The van der Waals surface area contributed by atoms with Crippen LogP contribution < -0.4 is 20.2 Å². The predicted molar refractivity (Wildman–Crippen MR) is 189 cm³/mol. The van der Waals surface area contributed by atoms with Crippen molar-refractivity contribution in [1.82, 2.24) is 29.1 Å². The molecule has 0 bridgehead atoms. The Hall–Kier alpha value is -5.08. The van der Waals surface area contributed by atoms with Crippen molar-refractivity contribution in [2.45, 2.75) is 38.8 Å². The van der Waals surface area contributed by atoms with Gasteiger partial charge in [0.1, 0.15) is 36.4 Å². The third-order valence-electron chi connectivity index (χ3n) is 9.44. The molecule has 3 aromatic carbocycles. The van der Waals surface area contributed by atoms with Crippen LogP contribution in [0, 0.1) is 17.0 Å². The highest BCUT2D eigenvalue weighted by Crippen LogP contribution is 2.42. The molecule has 3 atom stereocenters. The minimum atomic E-state index is -0.595. The molecule has 0 spiro atoms. The predicted octanol–water partition coefficient (Wildman–Crippen LogP) is 4.94. The van der Waals surface area contributed by atoms with E-state index in [-0.39, 0.29) is 23.8 Å². The average Bonchev–Trinajstić information content (AvgIpc) is 3.89. The first-order chi connectivity index (χ1) is 24.7. The smallest absolute Gasteiger partial charge is 0.350 e. The van der Waals surface area contributed by atoms with E-state index in [0.717, 1.165) is 55.1 Å². The number of aryl methyl sites for hydroxylation is 1. The van der Waals surface area contributed by atoms with Crippen LogP contribution >= 0.6 is 0 Å². The molecule has 7 rings (SSSR count). The summed E-state index contributed by atoms with van der Waals surface area (Å²) in [7, 11) is 1.83. The van der Waals surface area contributed by atoms with E-state index in [9.17, 15) is 18.7 Å². The van der Waals surface area contributed by atoms with Crippen LogP contribution in [0.4, 0.5) is 20.2 Å². The van der Waals surface area contributed by atoms with Gasteiger partial charge in [-0.2, -0.15) is 10.2 Å². The Balaban J connectivity index is 0.000000677. The largest absolute Gasteiger partial charge is 0.493 e. The normalized spacial score (nSPS) is 19.5. The van der Waals surface area contributed by atoms with Crippen LogP contribution in [-0.2, 0) is 11.8 Å². The fourth-order valence-electron chi connectivity index (χ4n) is 6.38. The maximum Gasteiger partial charge on any atom is 0.350 e. The van der Waals surface area contributed by atoms with Crippen LogP contribution in [0.25, 0.3) is 5.69 Å². The molecule has 0 saturated carbocycles. The first kappa shape index (κ1) is 35.7. The molecule has 1 N–H and O–H groups in total. The van der Waals surface area contributed by atoms with E-state index >= 15 is 0 Å². The quantitative estimate of drug-likeness (QED) is 0.216. The summed E-state index contributed by atoms with van der Waals surface area (Å²) >= 11 is 0. The summed E-state index contributed by atoms with van der Waals surface area (Å²) in [5.41, 5.74) is 2.80. The highest BCUT2D eigenvalue weighted by molar-refractivity contribution is 5.54. The minimum Gasteiger partial charge on any atom is -0.493 e. The number of hydrogen-bond donors (Lipinski definition) is 1. The number of halogens is 2. The lowest BCUT2D eigenvalue weighted by atomic mass is 9.87. The maximum atomic E-state index is 14.3. The zero-order valence-electron chi connectivity index (χ0n) is 29.1. The van der Waals surface area contributed by atoms with E-state index in [1.165, 1.54) is 34.0 Å². The molecule has 2 aliphatic heterocycles. The molecular weight excluding hydrogens is 658 g/mol. The Morgan fingerprint density at radius 3 is 2.14 bits per heavy atom. The van der Waals surface area contributed by atoms with Gasteiger partial charge in [0.2, 0.25) is 0 Å². The Kier molecular flexibility index (Phi) is 11.1. The molecule has 2 aromatic heterocycles. The van der Waals surface area contributed by atoms with Gasteiger partial charge >= 0.3 is 5.69 Å². The minimum absolute atomic E-state index is 0.128. The van der Waals surface area contributed by atoms with Crippen LogP contribution in [0.3, 0.4) is 0 Å². The van der Waals surface area contributed by atoms with E-state index in [0.29, 0.717) is 31.6 Å². The molecule has 14 heteroatoms. The molecule has 12 nitrogen and oxygen atoms in total. The summed E-state index contributed by atoms with van der Waals surface area (Å²) in [6, 6.07) is 19.3. The SMILES string of the molecule is CC[C@@H](CO)n1ncn(-c2ccc(N3CCN(c4ccc(OC[C@]5(C)CO[C@@H](c6ccc(F)cc6F)C5)cc4)CC3)cc2)c1=O.Cn1cncn1. The molecule has 5 aromatic rings. The van der Waals surface area contributed by atoms with E-state index in [1.54, 1.807) is 11.0 Å². The number of hydrogen-bond acceptors (Lipinski definition) is 9. The van der Waals surface area contributed by atoms with Crippen LogP contribution in [0.1, 0.15) is 44.4 Å². The zero-order chi connectivity index (χ0) is 36.0. The summed E-state index contributed by atoms with van der Waals surface area (Å²) in [6.45, 7) is 8.17. The molecule has 0 aliphatic carbocycles. The lowest BCUT2D eigenvalue weighted by Gasteiger charge is -2.37. The van der Waals surface area contributed by atoms with Crippen LogP contribution in [0.2, 0.25) is 0 Å². The molecular formula is C37H44F2N8O4. The Bertz CT molecular complexity index is 1900. The van der Waals surface area contributed by atoms with Crippen molar-refractivity contribution in [2.75, 3.05) is 55.8 Å². The number of aliphatic hydroxyl groups excluding tert-OH is 1. The third-order valence-corrected chi connectivity index (χ3v) is 9.44. The Morgan fingerprint density at radius 1 is 0.941 bits per heavy atom. The molecule has 0 unspecified atom stereocenters. The van der Waals surface area contributed by atoms with Crippen molar-refractivity contribution in [3.63, 3.8) is 0 Å². The lowest BCUT2D eigenvalue weighted by Crippen LogP contribution is -2.46. The second-order valence-corrected chi connectivity index (χ2v) is 13.3. The van der Waals surface area contributed by atoms with Gasteiger partial charge in [-0.3, -0.25) is 4.68 Å². The number of benzene rings is 3. The van der Waals surface area contributed by atoms with Crippen LogP contribution in [0.5, 0.6) is 5.75 Å². The fourth-order valence-corrected chi connectivity index (χ4v) is 6.38. The van der Waals surface area contributed by atoms with Gasteiger partial charge in [-0.05, 0) is 67.4 Å². The monoisotopic (exact) mass is 702 g/mol. The Labute approximate surface area is 295 Å². The van der Waals surface area contributed by atoms with Gasteiger partial charge in [-0.25, -0.2) is 27.8 Å². The third kappa shape index (κ3) is 8.46. The van der Waals surface area contributed by atoms with Crippen molar-refractivity contribution >= 4 is 11.4 Å². The summed E-state index contributed by atoms with van der Waals surface area (Å²) in [5, 5.41) is 17.5. The molecule has 0 amide bonds. The molecule has 270 valence electrons. The first-order valence-electron chi connectivity index (χ1n) is 17.1. The van der Waals surface area contributed by atoms with Crippen LogP contribution in [0.15, 0.2) is 90.5 Å². The van der Waals surface area contributed by atoms with E-state index in [1.807, 2.05) is 50.4 Å². The summed E-state index contributed by atoms with van der Waals surface area (Å²) < 4.78 is 44.0. The van der Waals surface area contributed by atoms with Gasteiger partial charge in [-0.1, -0.05) is 19.9 Å². The summed E-state index contributed by atoms with van der Waals surface area (Å²) in [4.78, 5) is 21.2. The van der Waals surface area contributed by atoms with E-state index in [4.69, 9.17) is 9.47 Å². The van der Waals surface area contributed by atoms with Gasteiger partial charge < -0.3 is 24.4 Å². The standard InChI is InChI=1S/C34H39F2N5O4.C3H5N3/c1-3-25(20-42)41-33(43)40(23-37-41)28-7-5-26(6-8-28)38-14-16-39(17-15-38)27-9-11-29(12-10-27)44-21-34(2)19-32(45-22-34)30-13-4-24(35)18-31(30)36;1-6-3-4-2-5-6/h4-13,18,23,25,32,42H,3,14-17,19-22H2,1-2H3;2-3H,1H3/t25-,32+,34+;/m0./s1. The van der Waals surface area contributed by atoms with Crippen molar-refractivity contribution < 1.29 is 23.4 Å². The zero-order valence-corrected chi connectivity index (χ0v) is 29.1. The van der Waals surface area contributed by atoms with E-state index in [2.05, 4.69) is 44.0 Å². The number of aliphatic hydroxyl groups is 1. The number of piperazine rings is 1. The first-order valence-corrected chi connectivity index (χ1v) is 17.1. The van der Waals surface area contributed by atoms with Crippen molar-refractivity contribution in [1.29, 1.82) is 0 Å². The Morgan fingerprint density at radius 2 is 1.59 bits per heavy atom. The number of rotatable bonds is 10. The number of ether oxygens (including phenoxy) is 2. The van der Waals surface area contributed by atoms with Gasteiger partial charge in [0, 0.05) is 61.6 Å². The summed E-state index contributed by atoms with van der Waals surface area (Å²) in [5.74, 6) is -0.411. The van der Waals surface area contributed by atoms with Crippen molar-refractivity contribution in [3.8, 4) is 11.4 Å². The topological polar surface area (TPSA) is 116 Å². The molecule has 2 aliphatic rings. The van der Waals surface area contributed by atoms with Gasteiger partial charge in [0.15, 0.2) is 0 Å². The summed E-state index contributed by atoms with van der Waals surface area (Å²) in [6.07, 6.45) is 5.44. The van der Waals surface area contributed by atoms with E-state index < -0.39 is 17.7 Å². The van der Waals surface area contributed by atoms with Crippen molar-refractivity contribution in [3.05, 3.63) is 113 Å². The lowest BCUT2D eigenvalue weighted by molar-refractivity contribution is 0.0825. The van der Waals surface area contributed by atoms with Gasteiger partial charge in [0.05, 0.1) is 37.7 Å². The second-order valence-electron chi connectivity index (χ2n) is 13.3. The molecule has 0 radical (unpaired) electrons. The molecule has 51 heavy (non-hydrogen) atoms.